The van der Waals surface area contributed by atoms with Crippen LogP contribution in [0.15, 0.2) is 0 Å². The maximum Gasteiger partial charge on any atom is 0.166 e. The zero-order valence-corrected chi connectivity index (χ0v) is 10.7. The summed E-state index contributed by atoms with van der Waals surface area (Å²) in [7, 11) is 3.39. The van der Waals surface area contributed by atoms with E-state index in [9.17, 15) is 0 Å². The van der Waals surface area contributed by atoms with Crippen LogP contribution >= 0.6 is 12.2 Å². The van der Waals surface area contributed by atoms with Gasteiger partial charge in [-0.3, -0.25) is 0 Å². The van der Waals surface area contributed by atoms with Crippen LogP contribution in [0.5, 0.6) is 0 Å². The van der Waals surface area contributed by atoms with Crippen LogP contribution in [-0.2, 0) is 9.47 Å². The smallest absolute Gasteiger partial charge is 0.166 e. The Balaban J connectivity index is 3.32. The average molecular weight is 234 g/mol. The number of unbranched alkanes of at least 4 members (excludes halogenated alkanes) is 1. The molecule has 0 aromatic rings. The topological polar surface area (TPSA) is 42.5 Å². The molecule has 2 N–H and O–H groups in total. The number of methoxy groups -OCH3 is 2. The summed E-state index contributed by atoms with van der Waals surface area (Å²) >= 11 is 5.11. The minimum absolute atomic E-state index is 0.244. The van der Waals surface area contributed by atoms with E-state index in [-0.39, 0.29) is 6.04 Å². The summed E-state index contributed by atoms with van der Waals surface area (Å²) in [6.07, 6.45) is 2.12. The van der Waals surface area contributed by atoms with E-state index in [2.05, 4.69) is 10.6 Å². The SMILES string of the molecule is COCCCCNC(=S)NC(C)COC. The van der Waals surface area contributed by atoms with E-state index in [0.29, 0.717) is 11.7 Å². The van der Waals surface area contributed by atoms with Gasteiger partial charge in [0.2, 0.25) is 0 Å². The van der Waals surface area contributed by atoms with Gasteiger partial charge in [0.15, 0.2) is 5.11 Å². The molecule has 1 atom stereocenters. The highest BCUT2D eigenvalue weighted by molar-refractivity contribution is 7.80. The number of rotatable bonds is 8. The second-order valence-electron chi connectivity index (χ2n) is 3.46. The van der Waals surface area contributed by atoms with Crippen LogP contribution < -0.4 is 10.6 Å². The van der Waals surface area contributed by atoms with Crippen molar-refractivity contribution in [1.29, 1.82) is 0 Å². The van der Waals surface area contributed by atoms with E-state index in [1.165, 1.54) is 0 Å². The van der Waals surface area contributed by atoms with Gasteiger partial charge >= 0.3 is 0 Å². The van der Waals surface area contributed by atoms with Crippen molar-refractivity contribution in [3.05, 3.63) is 0 Å². The van der Waals surface area contributed by atoms with Gasteiger partial charge in [0.25, 0.3) is 0 Å². The van der Waals surface area contributed by atoms with Crippen LogP contribution in [-0.4, -0.2) is 45.1 Å². The van der Waals surface area contributed by atoms with E-state index in [4.69, 9.17) is 21.7 Å². The van der Waals surface area contributed by atoms with Crippen molar-refractivity contribution in [2.24, 2.45) is 0 Å². The number of thiocarbonyl (C=S) groups is 1. The highest BCUT2D eigenvalue weighted by Gasteiger charge is 2.01. The summed E-state index contributed by atoms with van der Waals surface area (Å²) in [5, 5.41) is 6.97. The first kappa shape index (κ1) is 14.6. The highest BCUT2D eigenvalue weighted by atomic mass is 32.1. The molecule has 1 unspecified atom stereocenters. The fourth-order valence-corrected chi connectivity index (χ4v) is 1.44. The Hall–Kier alpha value is -0.390. The second kappa shape index (κ2) is 10.1. The fraction of sp³-hybridized carbons (Fsp3) is 0.900. The Bertz CT molecular complexity index is 168. The van der Waals surface area contributed by atoms with E-state index in [1.54, 1.807) is 14.2 Å². The third-order valence-electron chi connectivity index (χ3n) is 1.85. The lowest BCUT2D eigenvalue weighted by molar-refractivity contribution is 0.179. The van der Waals surface area contributed by atoms with Crippen LogP contribution in [0.2, 0.25) is 0 Å². The summed E-state index contributed by atoms with van der Waals surface area (Å²) in [6.45, 7) is 4.38. The molecular weight excluding hydrogens is 212 g/mol. The largest absolute Gasteiger partial charge is 0.385 e. The van der Waals surface area contributed by atoms with Gasteiger partial charge in [0.1, 0.15) is 0 Å². The maximum atomic E-state index is 5.11. The maximum absolute atomic E-state index is 5.11. The number of hydrogen-bond donors (Lipinski definition) is 2. The molecule has 0 saturated heterocycles. The predicted molar refractivity (Wildman–Crippen MR) is 66.2 cm³/mol. The number of ether oxygens (including phenoxy) is 2. The van der Waals surface area contributed by atoms with Crippen LogP contribution in [0.3, 0.4) is 0 Å². The molecule has 0 radical (unpaired) electrons. The third-order valence-corrected chi connectivity index (χ3v) is 2.12. The van der Waals surface area contributed by atoms with E-state index in [1.807, 2.05) is 6.92 Å². The first-order valence-electron chi connectivity index (χ1n) is 5.23. The van der Waals surface area contributed by atoms with Gasteiger partial charge in [0, 0.05) is 33.4 Å². The van der Waals surface area contributed by atoms with Crippen LogP contribution in [0.25, 0.3) is 0 Å². The molecule has 90 valence electrons. The summed E-state index contributed by atoms with van der Waals surface area (Å²) in [6, 6.07) is 0.244. The molecule has 0 amide bonds. The molecule has 0 saturated carbocycles. The van der Waals surface area contributed by atoms with Gasteiger partial charge < -0.3 is 20.1 Å². The van der Waals surface area contributed by atoms with E-state index < -0.39 is 0 Å². The Morgan fingerprint density at radius 2 is 2.00 bits per heavy atom. The van der Waals surface area contributed by atoms with Crippen molar-refractivity contribution in [1.82, 2.24) is 10.6 Å². The molecule has 0 rings (SSSR count). The van der Waals surface area contributed by atoms with Gasteiger partial charge in [-0.25, -0.2) is 0 Å². The van der Waals surface area contributed by atoms with E-state index in [0.717, 1.165) is 26.0 Å². The van der Waals surface area contributed by atoms with Crippen LogP contribution in [0.1, 0.15) is 19.8 Å². The van der Waals surface area contributed by atoms with Crippen LogP contribution in [0, 0.1) is 0 Å². The normalized spacial score (nSPS) is 12.2. The van der Waals surface area contributed by atoms with Crippen molar-refractivity contribution >= 4 is 17.3 Å². The molecule has 5 heteroatoms. The molecule has 0 heterocycles. The van der Waals surface area contributed by atoms with E-state index >= 15 is 0 Å². The minimum atomic E-state index is 0.244. The molecule has 0 spiro atoms. The zero-order valence-electron chi connectivity index (χ0n) is 9.84. The predicted octanol–water partition coefficient (Wildman–Crippen LogP) is 0.912. The lowest BCUT2D eigenvalue weighted by Gasteiger charge is -2.15. The van der Waals surface area contributed by atoms with Gasteiger partial charge in [-0.05, 0) is 32.0 Å². The number of nitrogens with one attached hydrogen (secondary N) is 2. The molecule has 0 aliphatic rings. The monoisotopic (exact) mass is 234 g/mol. The van der Waals surface area contributed by atoms with Crippen molar-refractivity contribution in [2.45, 2.75) is 25.8 Å². The second-order valence-corrected chi connectivity index (χ2v) is 3.86. The summed E-state index contributed by atoms with van der Waals surface area (Å²) < 4.78 is 9.95. The minimum Gasteiger partial charge on any atom is -0.385 e. The Kier molecular flexibility index (Phi) is 9.88. The van der Waals surface area contributed by atoms with Gasteiger partial charge in [-0.2, -0.15) is 0 Å². The first-order valence-corrected chi connectivity index (χ1v) is 5.63. The highest BCUT2D eigenvalue weighted by Crippen LogP contribution is 1.87. The molecule has 0 aromatic heterocycles. The molecule has 0 fully saturated rings. The Morgan fingerprint density at radius 1 is 1.27 bits per heavy atom. The first-order chi connectivity index (χ1) is 7.20. The van der Waals surface area contributed by atoms with Gasteiger partial charge in [0.05, 0.1) is 6.61 Å². The molecule has 0 aliphatic carbocycles. The van der Waals surface area contributed by atoms with Gasteiger partial charge in [-0.1, -0.05) is 0 Å². The Labute approximate surface area is 97.7 Å². The van der Waals surface area contributed by atoms with Crippen molar-refractivity contribution in [3.8, 4) is 0 Å². The Morgan fingerprint density at radius 3 is 2.60 bits per heavy atom. The van der Waals surface area contributed by atoms with Crippen molar-refractivity contribution < 1.29 is 9.47 Å². The third kappa shape index (κ3) is 9.90. The fourth-order valence-electron chi connectivity index (χ4n) is 1.14. The molecule has 4 nitrogen and oxygen atoms in total. The molecule has 0 aliphatic heterocycles. The summed E-state index contributed by atoms with van der Waals surface area (Å²) in [5.74, 6) is 0. The van der Waals surface area contributed by atoms with Crippen molar-refractivity contribution in [3.63, 3.8) is 0 Å². The molecule has 15 heavy (non-hydrogen) atoms. The van der Waals surface area contributed by atoms with Crippen LogP contribution in [0.4, 0.5) is 0 Å². The average Bonchev–Trinajstić information content (AvgIpc) is 2.17. The van der Waals surface area contributed by atoms with Crippen molar-refractivity contribution in [2.75, 3.05) is 34.0 Å². The lowest BCUT2D eigenvalue weighted by atomic mass is 10.3. The number of hydrogen-bond acceptors (Lipinski definition) is 3. The standard InChI is InChI=1S/C10H22N2O2S/c1-9(8-14-3)12-10(15)11-6-4-5-7-13-2/h9H,4-8H2,1-3H3,(H2,11,12,15). The molecular formula is C10H22N2O2S. The lowest BCUT2D eigenvalue weighted by Crippen LogP contribution is -2.42. The summed E-state index contributed by atoms with van der Waals surface area (Å²) in [4.78, 5) is 0. The zero-order chi connectivity index (χ0) is 11.5. The van der Waals surface area contributed by atoms with Gasteiger partial charge in [-0.15, -0.1) is 0 Å². The molecule has 0 bridgehead atoms. The quantitative estimate of drug-likeness (QED) is 0.483. The summed E-state index contributed by atoms with van der Waals surface area (Å²) in [5.41, 5.74) is 0. The molecule has 0 aromatic carbocycles.